The molecule has 4 rings (SSSR count). The van der Waals surface area contributed by atoms with Crippen molar-refractivity contribution in [1.82, 2.24) is 9.88 Å². The molecule has 2 heterocycles. The Balaban J connectivity index is 1.95. The van der Waals surface area contributed by atoms with Crippen LogP contribution in [0, 0.1) is 11.6 Å². The Labute approximate surface area is 185 Å². The maximum atomic E-state index is 15.4. The van der Waals surface area contributed by atoms with Crippen molar-refractivity contribution < 1.29 is 18.0 Å². The average Bonchev–Trinajstić information content (AvgIpc) is 3.10. The van der Waals surface area contributed by atoms with Gasteiger partial charge in [0.1, 0.15) is 23.6 Å². The number of nitrogens with one attached hydrogen (secondary N) is 1. The standard InChI is InChI=1S/C26H27F3N2O/c1-4-17-14-19-18-9-5-6-10-22(18)30-24(19)25(31(17)15-26(2,3)29)23-20(27)12-16(8-7-11-32)13-21(23)28/h5-13,17,25,30H,4,14-15H2,1-3H3/b8-7+. The molecule has 2 unspecified atom stereocenters. The van der Waals surface area contributed by atoms with E-state index in [9.17, 15) is 9.18 Å². The van der Waals surface area contributed by atoms with Gasteiger partial charge in [-0.05, 0) is 62.1 Å². The number of carbonyl (C=O) groups excluding carboxylic acids is 1. The Morgan fingerprint density at radius 3 is 2.50 bits per heavy atom. The Bertz CT molecular complexity index is 1150. The van der Waals surface area contributed by atoms with Crippen LogP contribution in [0.25, 0.3) is 17.0 Å². The van der Waals surface area contributed by atoms with Crippen molar-refractivity contribution in [1.29, 1.82) is 0 Å². The Morgan fingerprint density at radius 2 is 1.88 bits per heavy atom. The van der Waals surface area contributed by atoms with E-state index in [1.165, 1.54) is 38.1 Å². The van der Waals surface area contributed by atoms with E-state index in [2.05, 4.69) is 4.98 Å². The number of allylic oxidation sites excluding steroid dienone is 1. The van der Waals surface area contributed by atoms with Gasteiger partial charge < -0.3 is 4.98 Å². The molecule has 168 valence electrons. The molecule has 32 heavy (non-hydrogen) atoms. The van der Waals surface area contributed by atoms with Crippen molar-refractivity contribution in [3.63, 3.8) is 0 Å². The highest BCUT2D eigenvalue weighted by Gasteiger charge is 2.41. The van der Waals surface area contributed by atoms with Gasteiger partial charge in [-0.2, -0.15) is 0 Å². The number of carbonyl (C=O) groups is 1. The summed E-state index contributed by atoms with van der Waals surface area (Å²) < 4.78 is 45.7. The van der Waals surface area contributed by atoms with Crippen LogP contribution in [-0.4, -0.2) is 34.4 Å². The number of benzene rings is 2. The number of hydrogen-bond acceptors (Lipinski definition) is 2. The second-order valence-electron chi connectivity index (χ2n) is 9.02. The summed E-state index contributed by atoms with van der Waals surface area (Å²) in [5, 5.41) is 1.02. The number of hydrogen-bond donors (Lipinski definition) is 1. The molecule has 1 N–H and O–H groups in total. The number of fused-ring (bicyclic) bond motifs is 3. The van der Waals surface area contributed by atoms with E-state index in [0.717, 1.165) is 22.9 Å². The Morgan fingerprint density at radius 1 is 1.19 bits per heavy atom. The van der Waals surface area contributed by atoms with E-state index in [1.54, 1.807) is 0 Å². The van der Waals surface area contributed by atoms with Crippen LogP contribution in [0.2, 0.25) is 0 Å². The zero-order valence-corrected chi connectivity index (χ0v) is 18.5. The molecular weight excluding hydrogens is 413 g/mol. The number of aldehydes is 1. The third-order valence-electron chi connectivity index (χ3n) is 6.13. The molecule has 0 fully saturated rings. The molecule has 2 atom stereocenters. The molecule has 3 aromatic rings. The van der Waals surface area contributed by atoms with Gasteiger partial charge in [-0.3, -0.25) is 9.69 Å². The molecule has 1 aromatic heterocycles. The molecule has 0 bridgehead atoms. The smallest absolute Gasteiger partial charge is 0.142 e. The van der Waals surface area contributed by atoms with Crippen LogP contribution < -0.4 is 0 Å². The number of H-pyrrole nitrogens is 1. The van der Waals surface area contributed by atoms with Crippen LogP contribution in [0.15, 0.2) is 42.5 Å². The van der Waals surface area contributed by atoms with Gasteiger partial charge in [0.05, 0.1) is 6.04 Å². The number of halogens is 3. The van der Waals surface area contributed by atoms with Crippen LogP contribution in [0.3, 0.4) is 0 Å². The summed E-state index contributed by atoms with van der Waals surface area (Å²) in [6.45, 7) is 5.02. The molecule has 0 aliphatic carbocycles. The summed E-state index contributed by atoms with van der Waals surface area (Å²) >= 11 is 0. The highest BCUT2D eigenvalue weighted by Crippen LogP contribution is 2.44. The van der Waals surface area contributed by atoms with Crippen LogP contribution in [0.4, 0.5) is 13.2 Å². The van der Waals surface area contributed by atoms with Crippen LogP contribution in [0.1, 0.15) is 55.6 Å². The van der Waals surface area contributed by atoms with Crippen molar-refractivity contribution in [2.45, 2.75) is 51.4 Å². The molecule has 0 spiro atoms. The minimum Gasteiger partial charge on any atom is -0.357 e. The first kappa shape index (κ1) is 22.3. The van der Waals surface area contributed by atoms with Gasteiger partial charge in [0.15, 0.2) is 0 Å². The van der Waals surface area contributed by atoms with Crippen molar-refractivity contribution >= 4 is 23.3 Å². The third kappa shape index (κ3) is 4.11. The number of alkyl halides is 1. The fourth-order valence-corrected chi connectivity index (χ4v) is 4.86. The number of aromatic amines is 1. The summed E-state index contributed by atoms with van der Waals surface area (Å²) in [4.78, 5) is 15.9. The van der Waals surface area contributed by atoms with Gasteiger partial charge in [0.2, 0.25) is 0 Å². The Hall–Kier alpha value is -2.86. The lowest BCUT2D eigenvalue weighted by molar-refractivity contribution is -0.104. The lowest BCUT2D eigenvalue weighted by atomic mass is 9.85. The normalized spacial score (nSPS) is 19.6. The number of rotatable bonds is 6. The Kier molecular flexibility index (Phi) is 5.99. The summed E-state index contributed by atoms with van der Waals surface area (Å²) in [6.07, 6.45) is 4.49. The molecule has 0 saturated heterocycles. The van der Waals surface area contributed by atoms with E-state index in [0.29, 0.717) is 18.4 Å². The second-order valence-corrected chi connectivity index (χ2v) is 9.02. The van der Waals surface area contributed by atoms with Gasteiger partial charge in [-0.25, -0.2) is 13.2 Å². The highest BCUT2D eigenvalue weighted by molar-refractivity contribution is 5.85. The largest absolute Gasteiger partial charge is 0.357 e. The molecule has 0 amide bonds. The van der Waals surface area contributed by atoms with Crippen LogP contribution in [0.5, 0.6) is 0 Å². The molecular formula is C26H27F3N2O. The first-order valence-electron chi connectivity index (χ1n) is 10.9. The van der Waals surface area contributed by atoms with Crippen LogP contribution >= 0.6 is 0 Å². The highest BCUT2D eigenvalue weighted by atomic mass is 19.1. The molecule has 1 aliphatic rings. The van der Waals surface area contributed by atoms with E-state index < -0.39 is 23.3 Å². The third-order valence-corrected chi connectivity index (χ3v) is 6.13. The lowest BCUT2D eigenvalue weighted by Crippen LogP contribution is -2.49. The number of nitrogens with zero attached hydrogens (tertiary/aromatic N) is 1. The topological polar surface area (TPSA) is 36.1 Å². The van der Waals surface area contributed by atoms with Crippen molar-refractivity contribution in [3.05, 3.63) is 76.5 Å². The first-order chi connectivity index (χ1) is 15.2. The molecule has 3 nitrogen and oxygen atoms in total. The molecule has 6 heteroatoms. The van der Waals surface area contributed by atoms with E-state index in [1.807, 2.05) is 36.1 Å². The average molecular weight is 441 g/mol. The first-order valence-corrected chi connectivity index (χ1v) is 10.9. The summed E-state index contributed by atoms with van der Waals surface area (Å²) in [5.41, 5.74) is 1.22. The van der Waals surface area contributed by atoms with Crippen molar-refractivity contribution in [2.75, 3.05) is 6.54 Å². The summed E-state index contributed by atoms with van der Waals surface area (Å²) in [7, 11) is 0. The van der Waals surface area contributed by atoms with E-state index >= 15 is 8.78 Å². The summed E-state index contributed by atoms with van der Waals surface area (Å²) in [6, 6.07) is 9.36. The molecule has 1 aliphatic heterocycles. The molecule has 0 radical (unpaired) electrons. The van der Waals surface area contributed by atoms with Gasteiger partial charge in [-0.1, -0.05) is 31.2 Å². The van der Waals surface area contributed by atoms with Crippen LogP contribution in [-0.2, 0) is 11.2 Å². The van der Waals surface area contributed by atoms with E-state index in [4.69, 9.17) is 0 Å². The quantitative estimate of drug-likeness (QED) is 0.370. The number of para-hydroxylation sites is 1. The summed E-state index contributed by atoms with van der Waals surface area (Å²) in [5.74, 6) is -1.44. The maximum Gasteiger partial charge on any atom is 0.142 e. The monoisotopic (exact) mass is 440 g/mol. The van der Waals surface area contributed by atoms with E-state index in [-0.39, 0.29) is 23.7 Å². The van der Waals surface area contributed by atoms with Crippen molar-refractivity contribution in [3.8, 4) is 0 Å². The zero-order valence-electron chi connectivity index (χ0n) is 18.5. The minimum atomic E-state index is -1.55. The fourth-order valence-electron chi connectivity index (χ4n) is 4.86. The van der Waals surface area contributed by atoms with Gasteiger partial charge in [0.25, 0.3) is 0 Å². The van der Waals surface area contributed by atoms with Gasteiger partial charge >= 0.3 is 0 Å². The van der Waals surface area contributed by atoms with Gasteiger partial charge in [0, 0.05) is 34.7 Å². The SMILES string of the molecule is CCC1Cc2c([nH]c3ccccc23)C(c2c(F)cc(/C=C/C=O)cc2F)N1CC(C)(C)F. The molecule has 0 saturated carbocycles. The predicted molar refractivity (Wildman–Crippen MR) is 121 cm³/mol. The maximum absolute atomic E-state index is 15.4. The molecule has 2 aromatic carbocycles. The minimum absolute atomic E-state index is 0.0383. The number of aromatic nitrogens is 1. The predicted octanol–water partition coefficient (Wildman–Crippen LogP) is 6.13. The zero-order chi connectivity index (χ0) is 23.0. The fraction of sp³-hybridized carbons (Fsp3) is 0.346. The lowest BCUT2D eigenvalue weighted by Gasteiger charge is -2.44. The van der Waals surface area contributed by atoms with Crippen molar-refractivity contribution in [2.24, 2.45) is 0 Å². The van der Waals surface area contributed by atoms with Gasteiger partial charge in [-0.15, -0.1) is 0 Å². The second kappa shape index (κ2) is 8.58.